The summed E-state index contributed by atoms with van der Waals surface area (Å²) >= 11 is 0. The van der Waals surface area contributed by atoms with Crippen LogP contribution < -0.4 is 10.1 Å². The molecule has 26 heavy (non-hydrogen) atoms. The van der Waals surface area contributed by atoms with Gasteiger partial charge in [0, 0.05) is 12.7 Å². The van der Waals surface area contributed by atoms with Crippen LogP contribution in [0.4, 0.5) is 4.39 Å². The lowest BCUT2D eigenvalue weighted by molar-refractivity contribution is -0.120. The first-order chi connectivity index (χ1) is 12.7. The van der Waals surface area contributed by atoms with E-state index in [1.807, 2.05) is 42.5 Å². The zero-order valence-corrected chi connectivity index (χ0v) is 14.2. The molecule has 0 aliphatic carbocycles. The number of rotatable bonds is 7. The second kappa shape index (κ2) is 8.76. The van der Waals surface area contributed by atoms with Crippen molar-refractivity contribution in [3.8, 4) is 5.75 Å². The van der Waals surface area contributed by atoms with E-state index < -0.39 is 0 Å². The van der Waals surface area contributed by atoms with E-state index in [-0.39, 0.29) is 18.1 Å². The summed E-state index contributed by atoms with van der Waals surface area (Å²) in [6.07, 6.45) is 1.87. The van der Waals surface area contributed by atoms with Gasteiger partial charge >= 0.3 is 0 Å². The van der Waals surface area contributed by atoms with Gasteiger partial charge in [0.25, 0.3) is 0 Å². The second-order valence-corrected chi connectivity index (χ2v) is 5.84. The van der Waals surface area contributed by atoms with Gasteiger partial charge in [-0.2, -0.15) is 0 Å². The molecule has 0 fully saturated rings. The quantitative estimate of drug-likeness (QED) is 0.707. The Hall–Kier alpha value is -3.21. The molecule has 0 unspecified atom stereocenters. The number of carbonyl (C=O) groups excluding carboxylic acids is 1. The first-order valence-corrected chi connectivity index (χ1v) is 8.32. The molecule has 2 aromatic carbocycles. The lowest BCUT2D eigenvalue weighted by atomic mass is 10.1. The number of nitrogens with one attached hydrogen (secondary N) is 1. The van der Waals surface area contributed by atoms with Gasteiger partial charge in [-0.1, -0.05) is 30.3 Å². The van der Waals surface area contributed by atoms with Crippen LogP contribution in [0.1, 0.15) is 16.8 Å². The zero-order chi connectivity index (χ0) is 18.2. The molecule has 3 rings (SSSR count). The van der Waals surface area contributed by atoms with Gasteiger partial charge in [0.2, 0.25) is 5.91 Å². The highest BCUT2D eigenvalue weighted by Crippen LogP contribution is 2.15. The molecular weight excluding hydrogens is 331 g/mol. The van der Waals surface area contributed by atoms with Crippen molar-refractivity contribution in [2.24, 2.45) is 0 Å². The first kappa shape index (κ1) is 17.6. The smallest absolute Gasteiger partial charge is 0.224 e. The Morgan fingerprint density at radius 3 is 2.65 bits per heavy atom. The summed E-state index contributed by atoms with van der Waals surface area (Å²) in [7, 11) is 0. The molecule has 1 aromatic heterocycles. The molecule has 0 aliphatic heterocycles. The summed E-state index contributed by atoms with van der Waals surface area (Å²) in [5, 5.41) is 2.84. The number of halogens is 1. The van der Waals surface area contributed by atoms with Crippen LogP contribution in [0.2, 0.25) is 0 Å². The standard InChI is InChI=1S/C21H19FN2O2/c22-18-7-3-5-16(11-18)13-21(25)24-14-17-6-4-9-20(12-17)26-15-19-8-1-2-10-23-19/h1-12H,13-15H2,(H,24,25). The highest BCUT2D eigenvalue weighted by molar-refractivity contribution is 5.78. The maximum Gasteiger partial charge on any atom is 0.224 e. The number of aromatic nitrogens is 1. The van der Waals surface area contributed by atoms with Crippen LogP contribution in [0.3, 0.4) is 0 Å². The maximum absolute atomic E-state index is 13.2. The number of amides is 1. The molecule has 0 spiro atoms. The zero-order valence-electron chi connectivity index (χ0n) is 14.2. The maximum atomic E-state index is 13.2. The third-order valence-corrected chi connectivity index (χ3v) is 3.75. The van der Waals surface area contributed by atoms with Gasteiger partial charge in [-0.3, -0.25) is 9.78 Å². The third kappa shape index (κ3) is 5.41. The van der Waals surface area contributed by atoms with Gasteiger partial charge in [0.05, 0.1) is 12.1 Å². The highest BCUT2D eigenvalue weighted by atomic mass is 19.1. The number of pyridine rings is 1. The molecule has 0 radical (unpaired) electrons. The Morgan fingerprint density at radius 2 is 1.85 bits per heavy atom. The number of ether oxygens (including phenoxy) is 1. The van der Waals surface area contributed by atoms with E-state index in [1.54, 1.807) is 18.3 Å². The normalized spacial score (nSPS) is 10.3. The third-order valence-electron chi connectivity index (χ3n) is 3.75. The minimum absolute atomic E-state index is 0.146. The van der Waals surface area contributed by atoms with Crippen molar-refractivity contribution in [1.82, 2.24) is 10.3 Å². The topological polar surface area (TPSA) is 51.2 Å². The molecule has 5 heteroatoms. The van der Waals surface area contributed by atoms with Crippen LogP contribution in [0.15, 0.2) is 72.9 Å². The van der Waals surface area contributed by atoms with E-state index in [1.165, 1.54) is 12.1 Å². The summed E-state index contributed by atoms with van der Waals surface area (Å²) in [5.74, 6) is 0.219. The predicted molar refractivity (Wildman–Crippen MR) is 97.0 cm³/mol. The van der Waals surface area contributed by atoms with Crippen LogP contribution in [0, 0.1) is 5.82 Å². The first-order valence-electron chi connectivity index (χ1n) is 8.32. The average molecular weight is 350 g/mol. The van der Waals surface area contributed by atoms with Crippen LogP contribution in [-0.4, -0.2) is 10.9 Å². The van der Waals surface area contributed by atoms with E-state index in [0.717, 1.165) is 11.3 Å². The Morgan fingerprint density at radius 1 is 1.00 bits per heavy atom. The molecule has 3 aromatic rings. The minimum Gasteiger partial charge on any atom is -0.487 e. The molecule has 132 valence electrons. The van der Waals surface area contributed by atoms with Crippen LogP contribution in [0.5, 0.6) is 5.75 Å². The Bertz CT molecular complexity index is 869. The number of benzene rings is 2. The van der Waals surface area contributed by atoms with E-state index in [9.17, 15) is 9.18 Å². The second-order valence-electron chi connectivity index (χ2n) is 5.84. The van der Waals surface area contributed by atoms with Crippen LogP contribution >= 0.6 is 0 Å². The summed E-state index contributed by atoms with van der Waals surface area (Å²) < 4.78 is 18.9. The van der Waals surface area contributed by atoms with E-state index in [2.05, 4.69) is 10.3 Å². The molecule has 4 nitrogen and oxygen atoms in total. The van der Waals surface area contributed by atoms with Crippen molar-refractivity contribution in [2.45, 2.75) is 19.6 Å². The lowest BCUT2D eigenvalue weighted by Gasteiger charge is -2.09. The van der Waals surface area contributed by atoms with Gasteiger partial charge in [-0.15, -0.1) is 0 Å². The van der Waals surface area contributed by atoms with E-state index in [4.69, 9.17) is 4.74 Å². The summed E-state index contributed by atoms with van der Waals surface area (Å²) in [4.78, 5) is 16.2. The van der Waals surface area contributed by atoms with Crippen molar-refractivity contribution >= 4 is 5.91 Å². The largest absolute Gasteiger partial charge is 0.487 e. The SMILES string of the molecule is O=C(Cc1cccc(F)c1)NCc1cccc(OCc2ccccn2)c1. The fourth-order valence-electron chi connectivity index (χ4n) is 2.48. The van der Waals surface area contributed by atoms with Crippen molar-refractivity contribution < 1.29 is 13.9 Å². The average Bonchev–Trinajstić information content (AvgIpc) is 2.66. The predicted octanol–water partition coefficient (Wildman–Crippen LogP) is 3.66. The Balaban J connectivity index is 1.51. The van der Waals surface area contributed by atoms with Crippen molar-refractivity contribution in [1.29, 1.82) is 0 Å². The van der Waals surface area contributed by atoms with Crippen LogP contribution in [0.25, 0.3) is 0 Å². The van der Waals surface area contributed by atoms with E-state index >= 15 is 0 Å². The van der Waals surface area contributed by atoms with Crippen molar-refractivity contribution in [2.75, 3.05) is 0 Å². The van der Waals surface area contributed by atoms with Gasteiger partial charge in [-0.05, 0) is 47.5 Å². The molecule has 0 saturated heterocycles. The van der Waals surface area contributed by atoms with Gasteiger partial charge < -0.3 is 10.1 Å². The fraction of sp³-hybridized carbons (Fsp3) is 0.143. The van der Waals surface area contributed by atoms with Crippen molar-refractivity contribution in [3.05, 3.63) is 95.6 Å². The van der Waals surface area contributed by atoms with E-state index in [0.29, 0.717) is 24.5 Å². The van der Waals surface area contributed by atoms with Gasteiger partial charge in [-0.25, -0.2) is 4.39 Å². The molecule has 0 saturated carbocycles. The number of hydrogen-bond acceptors (Lipinski definition) is 3. The highest BCUT2D eigenvalue weighted by Gasteiger charge is 2.05. The number of carbonyl (C=O) groups is 1. The Labute approximate surface area is 151 Å². The monoisotopic (exact) mass is 350 g/mol. The molecule has 0 atom stereocenters. The lowest BCUT2D eigenvalue weighted by Crippen LogP contribution is -2.24. The summed E-state index contributed by atoms with van der Waals surface area (Å²) in [6.45, 7) is 0.769. The Kier molecular flexibility index (Phi) is 5.93. The molecule has 0 aliphatic rings. The molecule has 0 bridgehead atoms. The van der Waals surface area contributed by atoms with Gasteiger partial charge in [0.1, 0.15) is 18.2 Å². The van der Waals surface area contributed by atoms with Gasteiger partial charge in [0.15, 0.2) is 0 Å². The molecular formula is C21H19FN2O2. The minimum atomic E-state index is -0.340. The van der Waals surface area contributed by atoms with Crippen LogP contribution in [-0.2, 0) is 24.4 Å². The summed E-state index contributed by atoms with van der Waals surface area (Å²) in [6, 6.07) is 19.3. The number of hydrogen-bond donors (Lipinski definition) is 1. The molecule has 1 heterocycles. The molecule has 1 N–H and O–H groups in total. The fourth-order valence-corrected chi connectivity index (χ4v) is 2.48. The summed E-state index contributed by atoms with van der Waals surface area (Å²) in [5.41, 5.74) is 2.42. The van der Waals surface area contributed by atoms with Crippen molar-refractivity contribution in [3.63, 3.8) is 0 Å². The molecule has 1 amide bonds. The number of nitrogens with zero attached hydrogens (tertiary/aromatic N) is 1.